The van der Waals surface area contributed by atoms with E-state index in [1.807, 2.05) is 31.3 Å². The highest BCUT2D eigenvalue weighted by Gasteiger charge is 2.06. The Bertz CT molecular complexity index is 393. The first kappa shape index (κ1) is 15.5. The molecule has 0 saturated carbocycles. The molecule has 0 aliphatic heterocycles. The number of hydrogen-bond donors (Lipinski definition) is 1. The molecule has 0 fully saturated rings. The van der Waals surface area contributed by atoms with Crippen LogP contribution in [0.1, 0.15) is 38.3 Å². The maximum Gasteiger partial charge on any atom is 0.344 e. The van der Waals surface area contributed by atoms with Crippen molar-refractivity contribution in [3.63, 3.8) is 0 Å². The quantitative estimate of drug-likeness (QED) is 0.580. The molecule has 0 radical (unpaired) electrons. The highest BCUT2D eigenvalue weighted by molar-refractivity contribution is 5.71. The van der Waals surface area contributed by atoms with E-state index in [9.17, 15) is 4.79 Å². The summed E-state index contributed by atoms with van der Waals surface area (Å²) < 4.78 is 10.5. The van der Waals surface area contributed by atoms with Crippen molar-refractivity contribution in [3.8, 4) is 5.75 Å². The van der Waals surface area contributed by atoms with Crippen molar-refractivity contribution in [2.45, 2.75) is 32.7 Å². The zero-order chi connectivity index (χ0) is 14.1. The predicted octanol–water partition coefficient (Wildman–Crippen LogP) is 2.69. The van der Waals surface area contributed by atoms with Crippen molar-refractivity contribution in [2.75, 3.05) is 20.3 Å². The summed E-state index contributed by atoms with van der Waals surface area (Å²) >= 11 is 0. The predicted molar refractivity (Wildman–Crippen MR) is 75.3 cm³/mol. The van der Waals surface area contributed by atoms with Gasteiger partial charge >= 0.3 is 5.97 Å². The van der Waals surface area contributed by atoms with Crippen LogP contribution in [-0.4, -0.2) is 26.2 Å². The lowest BCUT2D eigenvalue weighted by atomic mass is 10.1. The molecule has 0 spiro atoms. The fourth-order valence-corrected chi connectivity index (χ4v) is 1.55. The molecule has 0 aliphatic carbocycles. The molecule has 1 rings (SSSR count). The van der Waals surface area contributed by atoms with Crippen LogP contribution in [0, 0.1) is 0 Å². The van der Waals surface area contributed by atoms with Gasteiger partial charge in [0.25, 0.3) is 0 Å². The molecule has 0 amide bonds. The summed E-state index contributed by atoms with van der Waals surface area (Å²) in [6.07, 6.45) is 1.90. The number of benzene rings is 1. The molecule has 1 aromatic carbocycles. The summed E-state index contributed by atoms with van der Waals surface area (Å²) in [5, 5.41) is 3.16. The standard InChI is InChI=1S/C15H23NO3/c1-4-5-9-18-15(17)11-19-14-8-6-7-13(10-14)12(2)16-3/h6-8,10,12,16H,4-5,9,11H2,1-3H3. The summed E-state index contributed by atoms with van der Waals surface area (Å²) in [7, 11) is 1.91. The summed E-state index contributed by atoms with van der Waals surface area (Å²) in [6.45, 7) is 4.55. The Labute approximate surface area is 115 Å². The largest absolute Gasteiger partial charge is 0.482 e. The highest BCUT2D eigenvalue weighted by Crippen LogP contribution is 2.18. The number of hydrogen-bond acceptors (Lipinski definition) is 4. The van der Waals surface area contributed by atoms with Crippen molar-refractivity contribution >= 4 is 5.97 Å². The van der Waals surface area contributed by atoms with Crippen LogP contribution < -0.4 is 10.1 Å². The lowest BCUT2D eigenvalue weighted by molar-refractivity contribution is -0.146. The van der Waals surface area contributed by atoms with Gasteiger partial charge in [-0.05, 0) is 38.1 Å². The molecule has 1 unspecified atom stereocenters. The Balaban J connectivity index is 2.42. The van der Waals surface area contributed by atoms with Crippen molar-refractivity contribution < 1.29 is 14.3 Å². The minimum absolute atomic E-state index is 0.0406. The maximum absolute atomic E-state index is 11.4. The van der Waals surface area contributed by atoms with Crippen LogP contribution in [0.2, 0.25) is 0 Å². The molecule has 1 aromatic rings. The van der Waals surface area contributed by atoms with Crippen LogP contribution in [0.3, 0.4) is 0 Å². The molecule has 1 N–H and O–H groups in total. The van der Waals surface area contributed by atoms with Gasteiger partial charge in [0.05, 0.1) is 6.61 Å². The third-order valence-electron chi connectivity index (χ3n) is 2.91. The first-order valence-corrected chi connectivity index (χ1v) is 6.73. The second-order valence-electron chi connectivity index (χ2n) is 4.45. The summed E-state index contributed by atoms with van der Waals surface area (Å²) in [6, 6.07) is 7.96. The van der Waals surface area contributed by atoms with E-state index in [-0.39, 0.29) is 18.6 Å². The SMILES string of the molecule is CCCCOC(=O)COc1cccc(C(C)NC)c1. The highest BCUT2D eigenvalue weighted by atomic mass is 16.6. The van der Waals surface area contributed by atoms with Gasteiger partial charge in [-0.15, -0.1) is 0 Å². The van der Waals surface area contributed by atoms with Gasteiger partial charge in [-0.1, -0.05) is 25.5 Å². The minimum Gasteiger partial charge on any atom is -0.482 e. The molecular formula is C15H23NO3. The molecule has 0 aromatic heterocycles. The molecule has 0 saturated heterocycles. The van der Waals surface area contributed by atoms with Gasteiger partial charge < -0.3 is 14.8 Å². The Morgan fingerprint density at radius 3 is 2.89 bits per heavy atom. The van der Waals surface area contributed by atoms with Gasteiger partial charge in [0.15, 0.2) is 6.61 Å². The van der Waals surface area contributed by atoms with E-state index in [0.29, 0.717) is 12.4 Å². The Morgan fingerprint density at radius 1 is 1.42 bits per heavy atom. The minimum atomic E-state index is -0.319. The Hall–Kier alpha value is -1.55. The van der Waals surface area contributed by atoms with Crippen LogP contribution in [0.15, 0.2) is 24.3 Å². The van der Waals surface area contributed by atoms with Crippen molar-refractivity contribution in [1.29, 1.82) is 0 Å². The monoisotopic (exact) mass is 265 g/mol. The normalized spacial score (nSPS) is 11.9. The van der Waals surface area contributed by atoms with E-state index in [0.717, 1.165) is 18.4 Å². The van der Waals surface area contributed by atoms with Crippen LogP contribution in [0.5, 0.6) is 5.75 Å². The van der Waals surface area contributed by atoms with E-state index < -0.39 is 0 Å². The summed E-state index contributed by atoms with van der Waals surface area (Å²) in [5.41, 5.74) is 1.12. The second-order valence-corrected chi connectivity index (χ2v) is 4.45. The maximum atomic E-state index is 11.4. The van der Waals surface area contributed by atoms with E-state index in [1.54, 1.807) is 0 Å². The zero-order valence-corrected chi connectivity index (χ0v) is 11.9. The molecule has 4 nitrogen and oxygen atoms in total. The van der Waals surface area contributed by atoms with Crippen LogP contribution >= 0.6 is 0 Å². The van der Waals surface area contributed by atoms with Crippen molar-refractivity contribution in [2.24, 2.45) is 0 Å². The number of esters is 1. The Kier molecular flexibility index (Phi) is 6.97. The molecule has 4 heteroatoms. The molecular weight excluding hydrogens is 242 g/mol. The van der Waals surface area contributed by atoms with E-state index in [4.69, 9.17) is 9.47 Å². The van der Waals surface area contributed by atoms with Gasteiger partial charge in [0.1, 0.15) is 5.75 Å². The topological polar surface area (TPSA) is 47.6 Å². The third kappa shape index (κ3) is 5.75. The number of nitrogens with one attached hydrogen (secondary N) is 1. The van der Waals surface area contributed by atoms with Crippen molar-refractivity contribution in [3.05, 3.63) is 29.8 Å². The number of unbranched alkanes of at least 4 members (excludes halogenated alkanes) is 1. The van der Waals surface area contributed by atoms with Gasteiger partial charge in [0, 0.05) is 6.04 Å². The van der Waals surface area contributed by atoms with E-state index in [1.165, 1.54) is 0 Å². The lowest BCUT2D eigenvalue weighted by Crippen LogP contribution is -2.16. The second kappa shape index (κ2) is 8.53. The number of carbonyl (C=O) groups is 1. The number of rotatable bonds is 8. The lowest BCUT2D eigenvalue weighted by Gasteiger charge is -2.12. The summed E-state index contributed by atoms with van der Waals surface area (Å²) in [4.78, 5) is 11.4. The summed E-state index contributed by atoms with van der Waals surface area (Å²) in [5.74, 6) is 0.368. The molecule has 106 valence electrons. The third-order valence-corrected chi connectivity index (χ3v) is 2.91. The fraction of sp³-hybridized carbons (Fsp3) is 0.533. The Morgan fingerprint density at radius 2 is 2.21 bits per heavy atom. The number of carbonyl (C=O) groups excluding carboxylic acids is 1. The van der Waals surface area contributed by atoms with Crippen molar-refractivity contribution in [1.82, 2.24) is 5.32 Å². The van der Waals surface area contributed by atoms with Gasteiger partial charge in [-0.2, -0.15) is 0 Å². The van der Waals surface area contributed by atoms with Gasteiger partial charge in [0.2, 0.25) is 0 Å². The van der Waals surface area contributed by atoms with E-state index in [2.05, 4.69) is 19.2 Å². The first-order chi connectivity index (χ1) is 9.17. The average molecular weight is 265 g/mol. The average Bonchev–Trinajstić information content (AvgIpc) is 2.45. The molecule has 0 bridgehead atoms. The van der Waals surface area contributed by atoms with Gasteiger partial charge in [-0.25, -0.2) is 4.79 Å². The number of ether oxygens (including phenoxy) is 2. The molecule has 19 heavy (non-hydrogen) atoms. The smallest absolute Gasteiger partial charge is 0.344 e. The first-order valence-electron chi connectivity index (χ1n) is 6.73. The van der Waals surface area contributed by atoms with Crippen LogP contribution in [-0.2, 0) is 9.53 Å². The molecule has 0 heterocycles. The van der Waals surface area contributed by atoms with Gasteiger partial charge in [-0.3, -0.25) is 0 Å². The van der Waals surface area contributed by atoms with Crippen LogP contribution in [0.25, 0.3) is 0 Å². The fourth-order valence-electron chi connectivity index (χ4n) is 1.55. The molecule has 1 atom stereocenters. The molecule has 0 aliphatic rings. The van der Waals surface area contributed by atoms with E-state index >= 15 is 0 Å². The zero-order valence-electron chi connectivity index (χ0n) is 11.9. The van der Waals surface area contributed by atoms with Crippen LogP contribution in [0.4, 0.5) is 0 Å².